The Morgan fingerprint density at radius 1 is 1.13 bits per heavy atom. The molecule has 0 fully saturated rings. The number of anilines is 2. The summed E-state index contributed by atoms with van der Waals surface area (Å²) in [5.41, 5.74) is 1.66. The minimum atomic E-state index is -1.28. The molecule has 31 heavy (non-hydrogen) atoms. The smallest absolute Gasteiger partial charge is 0.211 e. The third kappa shape index (κ3) is 3.92. The van der Waals surface area contributed by atoms with Crippen LogP contribution in [-0.4, -0.2) is 35.1 Å². The van der Waals surface area contributed by atoms with Gasteiger partial charge in [0.15, 0.2) is 16.4 Å². The third-order valence-electron chi connectivity index (χ3n) is 4.80. The maximum Gasteiger partial charge on any atom is 0.211 e. The van der Waals surface area contributed by atoms with Gasteiger partial charge in [0.05, 0.1) is 12.1 Å². The van der Waals surface area contributed by atoms with Crippen molar-refractivity contribution in [2.75, 3.05) is 5.32 Å². The molecule has 0 radical (unpaired) electrons. The van der Waals surface area contributed by atoms with Crippen LogP contribution in [0.15, 0.2) is 54.2 Å². The highest BCUT2D eigenvalue weighted by Crippen LogP contribution is 2.35. The van der Waals surface area contributed by atoms with E-state index >= 15 is 0 Å². The largest absolute Gasteiger partial charge is 0.376 e. The van der Waals surface area contributed by atoms with Gasteiger partial charge in [-0.1, -0.05) is 35.6 Å². The maximum atomic E-state index is 10.9. The first-order valence-corrected chi connectivity index (χ1v) is 11.3. The van der Waals surface area contributed by atoms with Crippen LogP contribution in [0.4, 0.5) is 10.9 Å². The molecular formula is C21H19N7OS2. The Hall–Kier alpha value is -3.21. The minimum Gasteiger partial charge on any atom is -0.376 e. The lowest BCUT2D eigenvalue weighted by atomic mass is 10.1. The van der Waals surface area contributed by atoms with Gasteiger partial charge in [-0.15, -0.1) is 21.5 Å². The van der Waals surface area contributed by atoms with Crippen LogP contribution >= 0.6 is 22.7 Å². The highest BCUT2D eigenvalue weighted by atomic mass is 32.1. The van der Waals surface area contributed by atoms with E-state index in [9.17, 15) is 5.11 Å². The lowest BCUT2D eigenvalue weighted by Gasteiger charge is -2.16. The van der Waals surface area contributed by atoms with Crippen LogP contribution in [-0.2, 0) is 12.1 Å². The number of fused-ring (bicyclic) bond motifs is 1. The van der Waals surface area contributed by atoms with Gasteiger partial charge < -0.3 is 10.4 Å². The van der Waals surface area contributed by atoms with Crippen molar-refractivity contribution in [1.29, 1.82) is 0 Å². The number of rotatable bonds is 6. The number of pyridine rings is 1. The number of aromatic nitrogens is 6. The maximum absolute atomic E-state index is 10.9. The van der Waals surface area contributed by atoms with Gasteiger partial charge in [0.1, 0.15) is 5.01 Å². The molecule has 4 aromatic heterocycles. The Morgan fingerprint density at radius 2 is 2.00 bits per heavy atom. The van der Waals surface area contributed by atoms with E-state index in [0.29, 0.717) is 27.5 Å². The van der Waals surface area contributed by atoms with Gasteiger partial charge >= 0.3 is 0 Å². The van der Waals surface area contributed by atoms with Crippen molar-refractivity contribution < 1.29 is 5.11 Å². The average Bonchev–Trinajstić information content (AvgIpc) is 3.51. The van der Waals surface area contributed by atoms with E-state index in [1.165, 1.54) is 22.7 Å². The number of hydrogen-bond donors (Lipinski definition) is 2. The summed E-state index contributed by atoms with van der Waals surface area (Å²) in [7, 11) is 0. The molecular weight excluding hydrogens is 430 g/mol. The molecule has 0 bridgehead atoms. The summed E-state index contributed by atoms with van der Waals surface area (Å²) < 4.78 is 1.85. The Kier molecular flexibility index (Phi) is 4.97. The van der Waals surface area contributed by atoms with Crippen molar-refractivity contribution in [3.8, 4) is 0 Å². The van der Waals surface area contributed by atoms with Gasteiger partial charge in [0, 0.05) is 34.9 Å². The van der Waals surface area contributed by atoms with Crippen LogP contribution in [0.25, 0.3) is 10.9 Å². The van der Waals surface area contributed by atoms with E-state index in [-0.39, 0.29) is 0 Å². The first-order chi connectivity index (χ1) is 15.0. The fourth-order valence-electron chi connectivity index (χ4n) is 3.24. The molecule has 1 aromatic carbocycles. The zero-order valence-corrected chi connectivity index (χ0v) is 18.5. The number of nitrogens with zero attached hydrogens (tertiary/aromatic N) is 6. The topological polar surface area (TPSA) is 102 Å². The zero-order valence-electron chi connectivity index (χ0n) is 16.9. The molecule has 2 N–H and O–H groups in total. The molecule has 1 atom stereocenters. The number of aliphatic hydroxyl groups is 1. The van der Waals surface area contributed by atoms with E-state index in [0.717, 1.165) is 22.2 Å². The summed E-state index contributed by atoms with van der Waals surface area (Å²) in [6, 6.07) is 12.0. The third-order valence-corrected chi connectivity index (χ3v) is 7.02. The van der Waals surface area contributed by atoms with Gasteiger partial charge in [0.25, 0.3) is 0 Å². The Labute approximate surface area is 186 Å². The Morgan fingerprint density at radius 3 is 2.84 bits per heavy atom. The second-order valence-electron chi connectivity index (χ2n) is 7.29. The number of thiazole rings is 1. The molecule has 0 aliphatic heterocycles. The number of benzene rings is 1. The van der Waals surface area contributed by atoms with E-state index in [4.69, 9.17) is 0 Å². The summed E-state index contributed by atoms with van der Waals surface area (Å²) in [6.45, 7) is 4.19. The Bertz CT molecular complexity index is 1350. The van der Waals surface area contributed by atoms with Gasteiger partial charge in [-0.25, -0.2) is 4.98 Å². The normalized spacial score (nSPS) is 13.4. The van der Waals surface area contributed by atoms with Gasteiger partial charge in [0.2, 0.25) is 5.13 Å². The van der Waals surface area contributed by atoms with Crippen molar-refractivity contribution in [3.63, 3.8) is 0 Å². The van der Waals surface area contributed by atoms with Crippen molar-refractivity contribution in [2.24, 2.45) is 0 Å². The summed E-state index contributed by atoms with van der Waals surface area (Å²) in [6.07, 6.45) is 3.71. The number of nitrogens with one attached hydrogen (secondary N) is 1. The second kappa shape index (κ2) is 7.80. The molecule has 0 spiro atoms. The van der Waals surface area contributed by atoms with Gasteiger partial charge in [-0.05, 0) is 25.5 Å². The fraction of sp³-hybridized carbons (Fsp3) is 0.190. The monoisotopic (exact) mass is 449 g/mol. The number of para-hydroxylation sites is 1. The first-order valence-electron chi connectivity index (χ1n) is 9.61. The minimum absolute atomic E-state index is 0.477. The molecule has 0 amide bonds. The van der Waals surface area contributed by atoms with Gasteiger partial charge in [-0.3, -0.25) is 9.67 Å². The van der Waals surface area contributed by atoms with Crippen LogP contribution in [0.2, 0.25) is 0 Å². The molecule has 8 nitrogen and oxygen atoms in total. The summed E-state index contributed by atoms with van der Waals surface area (Å²) >= 11 is 2.68. The van der Waals surface area contributed by atoms with E-state index in [1.54, 1.807) is 13.1 Å². The first kappa shape index (κ1) is 19.7. The number of aryl methyl sites for hydroxylation is 1. The molecule has 0 saturated carbocycles. The molecule has 0 aliphatic carbocycles. The predicted molar refractivity (Wildman–Crippen MR) is 122 cm³/mol. The molecule has 0 aliphatic rings. The van der Waals surface area contributed by atoms with Crippen molar-refractivity contribution in [2.45, 2.75) is 26.0 Å². The predicted octanol–water partition coefficient (Wildman–Crippen LogP) is 4.10. The van der Waals surface area contributed by atoms with E-state index < -0.39 is 5.60 Å². The van der Waals surface area contributed by atoms with Crippen molar-refractivity contribution >= 4 is 44.5 Å². The second-order valence-corrected chi connectivity index (χ2v) is 9.13. The molecule has 0 saturated heterocycles. The molecule has 156 valence electrons. The van der Waals surface area contributed by atoms with Crippen LogP contribution < -0.4 is 5.32 Å². The summed E-state index contributed by atoms with van der Waals surface area (Å²) in [5, 5.41) is 31.6. The van der Waals surface area contributed by atoms with Gasteiger partial charge in [-0.2, -0.15) is 5.10 Å². The van der Waals surface area contributed by atoms with E-state index in [2.05, 4.69) is 48.8 Å². The Balaban J connectivity index is 1.32. The molecule has 10 heteroatoms. The van der Waals surface area contributed by atoms with Crippen molar-refractivity contribution in [1.82, 2.24) is 29.9 Å². The average molecular weight is 450 g/mol. The van der Waals surface area contributed by atoms with Crippen LogP contribution in [0, 0.1) is 6.92 Å². The summed E-state index contributed by atoms with van der Waals surface area (Å²) in [5.74, 6) is 0.653. The van der Waals surface area contributed by atoms with Crippen LogP contribution in [0.5, 0.6) is 0 Å². The SMILES string of the molecule is Cc1csc(C(C)(O)c2nnc(Nc3ccn(Cc4cccc5cccnc45)n3)s2)n1. The molecule has 5 aromatic rings. The van der Waals surface area contributed by atoms with Crippen LogP contribution in [0.1, 0.15) is 28.2 Å². The molecule has 1 unspecified atom stereocenters. The zero-order chi connectivity index (χ0) is 21.4. The fourth-order valence-corrected chi connectivity index (χ4v) is 4.95. The highest BCUT2D eigenvalue weighted by molar-refractivity contribution is 7.15. The standard InChI is InChI=1S/C21H19N7OS2/c1-13-12-30-18(23-13)21(2,29)19-25-26-20(31-19)24-16-8-10-28(27-16)11-15-6-3-5-14-7-4-9-22-17(14)15/h3-10,12,29H,11H2,1-2H3,(H,24,26,27). The van der Waals surface area contributed by atoms with E-state index in [1.807, 2.05) is 41.4 Å². The molecule has 4 heterocycles. The number of hydrogen-bond acceptors (Lipinski definition) is 9. The summed E-state index contributed by atoms with van der Waals surface area (Å²) in [4.78, 5) is 8.89. The quantitative estimate of drug-likeness (QED) is 0.402. The van der Waals surface area contributed by atoms with Crippen molar-refractivity contribution in [3.05, 3.63) is 75.4 Å². The van der Waals surface area contributed by atoms with Crippen LogP contribution in [0.3, 0.4) is 0 Å². The highest BCUT2D eigenvalue weighted by Gasteiger charge is 2.33. The lowest BCUT2D eigenvalue weighted by molar-refractivity contribution is 0.101. The lowest BCUT2D eigenvalue weighted by Crippen LogP contribution is -2.22. The molecule has 5 rings (SSSR count).